The molecule has 2 heterocycles. The molecule has 28 heavy (non-hydrogen) atoms. The van der Waals surface area contributed by atoms with Gasteiger partial charge < -0.3 is 19.7 Å². The number of anilines is 1. The summed E-state index contributed by atoms with van der Waals surface area (Å²) in [7, 11) is 4.65. The predicted molar refractivity (Wildman–Crippen MR) is 105 cm³/mol. The molecule has 0 saturated carbocycles. The van der Waals surface area contributed by atoms with Gasteiger partial charge in [0, 0.05) is 33.2 Å². The lowest BCUT2D eigenvalue weighted by Crippen LogP contribution is -2.59. The van der Waals surface area contributed by atoms with Gasteiger partial charge >= 0.3 is 12.0 Å². The Labute approximate surface area is 164 Å². The summed E-state index contributed by atoms with van der Waals surface area (Å²) >= 11 is 0. The Hall–Kier alpha value is -2.94. The molecular weight excluding hydrogens is 360 g/mol. The van der Waals surface area contributed by atoms with E-state index in [9.17, 15) is 4.79 Å². The Morgan fingerprint density at radius 3 is 2.39 bits per heavy atom. The number of benzene rings is 1. The number of hydrogen-bond acceptors (Lipinski definition) is 8. The molecule has 1 aliphatic rings. The van der Waals surface area contributed by atoms with E-state index in [1.54, 1.807) is 7.05 Å². The zero-order valence-corrected chi connectivity index (χ0v) is 16.5. The van der Waals surface area contributed by atoms with E-state index >= 15 is 0 Å². The third kappa shape index (κ3) is 4.66. The lowest BCUT2D eigenvalue weighted by molar-refractivity contribution is -0.126. The lowest BCUT2D eigenvalue weighted by atomic mass is 10.1. The fraction of sp³-hybridized carbons (Fsp3) is 0.474. The number of carbonyl (C=O) groups excluding carboxylic acids is 1. The van der Waals surface area contributed by atoms with Crippen molar-refractivity contribution < 1.29 is 14.3 Å². The molecule has 150 valence electrons. The smallest absolute Gasteiger partial charge is 0.324 e. The number of nitrogens with one attached hydrogen (secondary N) is 1. The molecule has 0 bridgehead atoms. The summed E-state index contributed by atoms with van der Waals surface area (Å²) in [6.07, 6.45) is 0.891. The number of amides is 1. The Bertz CT molecular complexity index is 766. The first-order valence-electron chi connectivity index (χ1n) is 9.23. The maximum Gasteiger partial charge on any atom is 0.324 e. The average molecular weight is 386 g/mol. The largest absolute Gasteiger partial charge is 0.467 e. The number of likely N-dealkylation sites (N-methyl/N-ethyl adjacent to an activating group) is 1. The van der Waals surface area contributed by atoms with Crippen molar-refractivity contribution in [3.8, 4) is 12.0 Å². The van der Waals surface area contributed by atoms with Crippen LogP contribution >= 0.6 is 0 Å². The molecule has 1 fully saturated rings. The van der Waals surface area contributed by atoms with Gasteiger partial charge in [-0.3, -0.25) is 9.69 Å². The highest BCUT2D eigenvalue weighted by atomic mass is 16.5. The van der Waals surface area contributed by atoms with E-state index < -0.39 is 0 Å². The van der Waals surface area contributed by atoms with Crippen LogP contribution in [0.5, 0.6) is 12.0 Å². The summed E-state index contributed by atoms with van der Waals surface area (Å²) in [4.78, 5) is 29.4. The van der Waals surface area contributed by atoms with Gasteiger partial charge in [0.15, 0.2) is 0 Å². The van der Waals surface area contributed by atoms with Crippen molar-refractivity contribution in [2.24, 2.45) is 0 Å². The number of aromatic nitrogens is 3. The number of piperazine rings is 1. The molecule has 2 aromatic rings. The topological polar surface area (TPSA) is 92.7 Å². The second kappa shape index (κ2) is 9.32. The van der Waals surface area contributed by atoms with Crippen molar-refractivity contribution in [3.63, 3.8) is 0 Å². The van der Waals surface area contributed by atoms with Crippen LogP contribution in [-0.2, 0) is 11.2 Å². The molecular formula is C19H26N6O3. The molecule has 3 rings (SSSR count). The zero-order chi connectivity index (χ0) is 19.9. The third-order valence-corrected chi connectivity index (χ3v) is 4.80. The summed E-state index contributed by atoms with van der Waals surface area (Å²) in [5.41, 5.74) is 1.26. The molecule has 0 radical (unpaired) electrons. The van der Waals surface area contributed by atoms with Crippen LogP contribution < -0.4 is 19.7 Å². The van der Waals surface area contributed by atoms with Crippen molar-refractivity contribution in [3.05, 3.63) is 35.9 Å². The average Bonchev–Trinajstić information content (AvgIpc) is 2.77. The second-order valence-corrected chi connectivity index (χ2v) is 6.46. The first-order valence-corrected chi connectivity index (χ1v) is 9.23. The molecule has 0 spiro atoms. The van der Waals surface area contributed by atoms with Crippen LogP contribution in [0.25, 0.3) is 0 Å². The zero-order valence-electron chi connectivity index (χ0n) is 16.5. The Kier molecular flexibility index (Phi) is 6.59. The first-order chi connectivity index (χ1) is 13.6. The molecule has 9 heteroatoms. The molecule has 0 aliphatic carbocycles. The van der Waals surface area contributed by atoms with E-state index in [2.05, 4.69) is 37.3 Å². The normalized spacial score (nSPS) is 17.2. The maximum absolute atomic E-state index is 12.5. The number of hydrogen-bond donors (Lipinski definition) is 1. The van der Waals surface area contributed by atoms with Gasteiger partial charge in [0.05, 0.1) is 14.2 Å². The number of methoxy groups -OCH3 is 2. The number of rotatable bonds is 7. The minimum absolute atomic E-state index is 0.0225. The highest BCUT2D eigenvalue weighted by molar-refractivity contribution is 5.82. The van der Waals surface area contributed by atoms with Crippen molar-refractivity contribution >= 4 is 11.9 Å². The van der Waals surface area contributed by atoms with E-state index in [0.29, 0.717) is 19.0 Å². The van der Waals surface area contributed by atoms with E-state index in [0.717, 1.165) is 19.5 Å². The Morgan fingerprint density at radius 1 is 1.11 bits per heavy atom. The highest BCUT2D eigenvalue weighted by Gasteiger charge is 2.33. The summed E-state index contributed by atoms with van der Waals surface area (Å²) in [5.74, 6) is 0.422. The molecule has 9 nitrogen and oxygen atoms in total. The predicted octanol–water partition coefficient (Wildman–Crippen LogP) is 0.368. The fourth-order valence-corrected chi connectivity index (χ4v) is 3.25. The number of carbonyl (C=O) groups is 1. The third-order valence-electron chi connectivity index (χ3n) is 4.80. The van der Waals surface area contributed by atoms with Crippen molar-refractivity contribution in [2.75, 3.05) is 52.3 Å². The summed E-state index contributed by atoms with van der Waals surface area (Å²) in [5, 5.41) is 2.77. The van der Waals surface area contributed by atoms with Crippen LogP contribution in [0.15, 0.2) is 30.3 Å². The van der Waals surface area contributed by atoms with Gasteiger partial charge in [-0.2, -0.15) is 9.97 Å². The van der Waals surface area contributed by atoms with E-state index in [1.165, 1.54) is 19.8 Å². The van der Waals surface area contributed by atoms with Gasteiger partial charge in [-0.1, -0.05) is 30.3 Å². The van der Waals surface area contributed by atoms with Gasteiger partial charge in [-0.25, -0.2) is 0 Å². The quantitative estimate of drug-likeness (QED) is 0.730. The summed E-state index contributed by atoms with van der Waals surface area (Å²) in [6, 6.07) is 10.4. The monoisotopic (exact) mass is 386 g/mol. The van der Waals surface area contributed by atoms with Gasteiger partial charge in [0.2, 0.25) is 11.9 Å². The van der Waals surface area contributed by atoms with E-state index in [-0.39, 0.29) is 24.0 Å². The molecule has 1 unspecified atom stereocenters. The fourth-order valence-electron chi connectivity index (χ4n) is 3.25. The second-order valence-electron chi connectivity index (χ2n) is 6.46. The van der Waals surface area contributed by atoms with Crippen molar-refractivity contribution in [2.45, 2.75) is 12.5 Å². The summed E-state index contributed by atoms with van der Waals surface area (Å²) in [6.45, 7) is 2.70. The molecule has 1 aliphatic heterocycles. The van der Waals surface area contributed by atoms with Gasteiger partial charge in [-0.15, -0.1) is 4.98 Å². The van der Waals surface area contributed by atoms with Gasteiger partial charge in [0.25, 0.3) is 0 Å². The number of nitrogens with zero attached hydrogens (tertiary/aromatic N) is 5. The molecule has 1 saturated heterocycles. The Balaban J connectivity index is 1.74. The van der Waals surface area contributed by atoms with Crippen molar-refractivity contribution in [1.29, 1.82) is 0 Å². The lowest BCUT2D eigenvalue weighted by Gasteiger charge is -2.40. The molecule has 1 aromatic carbocycles. The van der Waals surface area contributed by atoms with Crippen molar-refractivity contribution in [1.82, 2.24) is 25.2 Å². The van der Waals surface area contributed by atoms with Crippen LogP contribution in [0.3, 0.4) is 0 Å². The minimum atomic E-state index is -0.295. The minimum Gasteiger partial charge on any atom is -0.467 e. The van der Waals surface area contributed by atoms with Crippen LogP contribution in [0.4, 0.5) is 5.95 Å². The molecule has 1 N–H and O–H groups in total. The standard InChI is InChI=1S/C19H26N6O3/c1-20-16(26)15-13-25(17-21-18(27-2)23-19(22-17)28-3)12-11-24(15)10-9-14-7-5-4-6-8-14/h4-8,15H,9-13H2,1-3H3,(H,20,26). The Morgan fingerprint density at radius 2 is 1.79 bits per heavy atom. The summed E-state index contributed by atoms with van der Waals surface area (Å²) < 4.78 is 10.3. The molecule has 1 atom stereocenters. The first kappa shape index (κ1) is 19.8. The van der Waals surface area contributed by atoms with Crippen LogP contribution in [0.1, 0.15) is 5.56 Å². The molecule has 1 aromatic heterocycles. The van der Waals surface area contributed by atoms with Gasteiger partial charge in [0.1, 0.15) is 6.04 Å². The van der Waals surface area contributed by atoms with E-state index in [4.69, 9.17) is 9.47 Å². The van der Waals surface area contributed by atoms with E-state index in [1.807, 2.05) is 23.1 Å². The maximum atomic E-state index is 12.5. The van der Waals surface area contributed by atoms with Crippen LogP contribution in [0.2, 0.25) is 0 Å². The SMILES string of the molecule is CNC(=O)C1CN(c2nc(OC)nc(OC)n2)CCN1CCc1ccccc1. The van der Waals surface area contributed by atoms with Crippen LogP contribution in [-0.4, -0.2) is 79.2 Å². The molecule has 1 amide bonds. The number of ether oxygens (including phenoxy) is 2. The van der Waals surface area contributed by atoms with Gasteiger partial charge in [-0.05, 0) is 12.0 Å². The highest BCUT2D eigenvalue weighted by Crippen LogP contribution is 2.20. The van der Waals surface area contributed by atoms with Crippen LogP contribution in [0, 0.1) is 0 Å².